The van der Waals surface area contributed by atoms with Gasteiger partial charge in [0.15, 0.2) is 0 Å². The third-order valence-corrected chi connectivity index (χ3v) is 4.53. The molecule has 0 aliphatic rings. The molecule has 0 atom stereocenters. The van der Waals surface area contributed by atoms with E-state index in [0.29, 0.717) is 5.56 Å². The molecule has 6 heteroatoms. The molecule has 0 spiro atoms. The van der Waals surface area contributed by atoms with Gasteiger partial charge in [0.2, 0.25) is 10.0 Å². The molecule has 0 radical (unpaired) electrons. The summed E-state index contributed by atoms with van der Waals surface area (Å²) in [4.78, 5) is 12.1. The first-order chi connectivity index (χ1) is 10.9. The molecule has 5 nitrogen and oxygen atoms in total. The minimum absolute atomic E-state index is 0.0148. The fraction of sp³-hybridized carbons (Fsp3) is 0.235. The number of amides is 1. The molecule has 0 fully saturated rings. The number of nitrogens with one attached hydrogen (secondary N) is 2. The lowest BCUT2D eigenvalue weighted by atomic mass is 10.2. The highest BCUT2D eigenvalue weighted by Gasteiger charge is 2.16. The van der Waals surface area contributed by atoms with Crippen LogP contribution in [0.1, 0.15) is 29.8 Å². The van der Waals surface area contributed by atoms with Crippen molar-refractivity contribution in [1.29, 1.82) is 0 Å². The van der Waals surface area contributed by atoms with Gasteiger partial charge in [0, 0.05) is 18.2 Å². The Hall–Kier alpha value is -2.18. The Labute approximate surface area is 136 Å². The van der Waals surface area contributed by atoms with Gasteiger partial charge in [0.25, 0.3) is 5.91 Å². The van der Waals surface area contributed by atoms with Crippen molar-refractivity contribution in [2.45, 2.75) is 31.3 Å². The molecule has 2 N–H and O–H groups in total. The van der Waals surface area contributed by atoms with E-state index in [-0.39, 0.29) is 23.4 Å². The maximum Gasteiger partial charge on any atom is 0.251 e. The monoisotopic (exact) mass is 332 g/mol. The predicted octanol–water partition coefficient (Wildman–Crippen LogP) is 2.30. The Morgan fingerprint density at radius 3 is 2.39 bits per heavy atom. The minimum atomic E-state index is -3.67. The van der Waals surface area contributed by atoms with Crippen molar-refractivity contribution >= 4 is 15.9 Å². The summed E-state index contributed by atoms with van der Waals surface area (Å²) in [5, 5.41) is 2.74. The van der Waals surface area contributed by atoms with Crippen LogP contribution in [0, 0.1) is 0 Å². The normalized spacial score (nSPS) is 11.4. The lowest BCUT2D eigenvalue weighted by Gasteiger charge is -2.10. The highest BCUT2D eigenvalue weighted by Crippen LogP contribution is 2.12. The van der Waals surface area contributed by atoms with Gasteiger partial charge in [0.05, 0.1) is 4.90 Å². The average molecular weight is 332 g/mol. The first-order valence-corrected chi connectivity index (χ1v) is 8.81. The summed E-state index contributed by atoms with van der Waals surface area (Å²) in [6.45, 7) is 3.89. The van der Waals surface area contributed by atoms with Crippen LogP contribution < -0.4 is 10.0 Å². The summed E-state index contributed by atoms with van der Waals surface area (Å²) >= 11 is 0. The largest absolute Gasteiger partial charge is 0.350 e. The topological polar surface area (TPSA) is 75.3 Å². The van der Waals surface area contributed by atoms with Crippen molar-refractivity contribution in [3.8, 4) is 0 Å². The Balaban J connectivity index is 2.15. The van der Waals surface area contributed by atoms with Crippen LogP contribution in [0.3, 0.4) is 0 Å². The molecule has 122 valence electrons. The number of hydrogen-bond acceptors (Lipinski definition) is 3. The second kappa shape index (κ2) is 7.39. The minimum Gasteiger partial charge on any atom is -0.350 e. The average Bonchev–Trinajstić information content (AvgIpc) is 2.53. The fourth-order valence-electron chi connectivity index (χ4n) is 2.01. The van der Waals surface area contributed by atoms with E-state index in [2.05, 4.69) is 10.0 Å². The van der Waals surface area contributed by atoms with Crippen molar-refractivity contribution < 1.29 is 13.2 Å². The van der Waals surface area contributed by atoms with E-state index in [1.165, 1.54) is 12.1 Å². The molecule has 0 heterocycles. The highest BCUT2D eigenvalue weighted by molar-refractivity contribution is 7.89. The smallest absolute Gasteiger partial charge is 0.251 e. The molecule has 2 aromatic rings. The van der Waals surface area contributed by atoms with E-state index in [1.54, 1.807) is 12.1 Å². The maximum atomic E-state index is 12.4. The van der Waals surface area contributed by atoms with Gasteiger partial charge < -0.3 is 5.32 Å². The lowest BCUT2D eigenvalue weighted by molar-refractivity contribution is 0.0943. The number of carbonyl (C=O) groups excluding carboxylic acids is 1. The van der Waals surface area contributed by atoms with E-state index < -0.39 is 10.0 Å². The number of benzene rings is 2. The summed E-state index contributed by atoms with van der Waals surface area (Å²) in [6, 6.07) is 15.2. The van der Waals surface area contributed by atoms with Gasteiger partial charge in [0.1, 0.15) is 0 Å². The number of hydrogen-bond donors (Lipinski definition) is 2. The summed E-state index contributed by atoms with van der Waals surface area (Å²) in [7, 11) is -3.67. The molecule has 0 aromatic heterocycles. The van der Waals surface area contributed by atoms with E-state index in [9.17, 15) is 13.2 Å². The van der Waals surface area contributed by atoms with Crippen molar-refractivity contribution in [1.82, 2.24) is 10.0 Å². The van der Waals surface area contributed by atoms with E-state index in [0.717, 1.165) is 5.56 Å². The Morgan fingerprint density at radius 2 is 1.74 bits per heavy atom. The van der Waals surface area contributed by atoms with Crippen LogP contribution >= 0.6 is 0 Å². The molecule has 0 aliphatic carbocycles. The van der Waals surface area contributed by atoms with Crippen LogP contribution in [-0.2, 0) is 16.6 Å². The first kappa shape index (κ1) is 17.2. The van der Waals surface area contributed by atoms with Crippen LogP contribution in [0.15, 0.2) is 59.5 Å². The standard InChI is InChI=1S/C17H20N2O3S/c1-13(2)19-17(20)15-9-6-10-16(11-15)23(21,22)18-12-14-7-4-3-5-8-14/h3-11,13,18H,12H2,1-2H3,(H,19,20). The summed E-state index contributed by atoms with van der Waals surface area (Å²) in [5.41, 5.74) is 1.19. The van der Waals surface area contributed by atoms with Gasteiger partial charge in [-0.25, -0.2) is 13.1 Å². The Kier molecular flexibility index (Phi) is 5.52. The number of sulfonamides is 1. The maximum absolute atomic E-state index is 12.4. The molecular weight excluding hydrogens is 312 g/mol. The fourth-order valence-corrected chi connectivity index (χ4v) is 3.07. The van der Waals surface area contributed by atoms with Crippen LogP contribution in [-0.4, -0.2) is 20.4 Å². The van der Waals surface area contributed by atoms with Crippen LogP contribution in [0.4, 0.5) is 0 Å². The quantitative estimate of drug-likeness (QED) is 0.852. The molecule has 0 aliphatic heterocycles. The van der Waals surface area contributed by atoms with Crippen molar-refractivity contribution in [2.75, 3.05) is 0 Å². The molecule has 0 saturated carbocycles. The van der Waals surface area contributed by atoms with Crippen LogP contribution in [0.2, 0.25) is 0 Å². The van der Waals surface area contributed by atoms with Gasteiger partial charge in [-0.05, 0) is 37.6 Å². The van der Waals surface area contributed by atoms with Gasteiger partial charge >= 0.3 is 0 Å². The molecule has 2 rings (SSSR count). The van der Waals surface area contributed by atoms with Crippen LogP contribution in [0.5, 0.6) is 0 Å². The van der Waals surface area contributed by atoms with Gasteiger partial charge in [-0.3, -0.25) is 4.79 Å². The summed E-state index contributed by atoms with van der Waals surface area (Å²) in [6.07, 6.45) is 0. The highest BCUT2D eigenvalue weighted by atomic mass is 32.2. The third-order valence-electron chi connectivity index (χ3n) is 3.14. The number of carbonyl (C=O) groups is 1. The number of rotatable bonds is 6. The molecule has 2 aromatic carbocycles. The SMILES string of the molecule is CC(C)NC(=O)c1cccc(S(=O)(=O)NCc2ccccc2)c1. The first-order valence-electron chi connectivity index (χ1n) is 7.33. The van der Waals surface area contributed by atoms with E-state index >= 15 is 0 Å². The van der Waals surface area contributed by atoms with Crippen molar-refractivity contribution in [3.63, 3.8) is 0 Å². The van der Waals surface area contributed by atoms with Crippen molar-refractivity contribution in [3.05, 3.63) is 65.7 Å². The third kappa shape index (κ3) is 4.91. The molecule has 0 saturated heterocycles. The summed E-state index contributed by atoms with van der Waals surface area (Å²) < 4.78 is 27.3. The zero-order valence-corrected chi connectivity index (χ0v) is 13.9. The molecule has 0 unspecified atom stereocenters. The predicted molar refractivity (Wildman–Crippen MR) is 89.5 cm³/mol. The van der Waals surface area contributed by atoms with Gasteiger partial charge in [-0.15, -0.1) is 0 Å². The zero-order valence-electron chi connectivity index (χ0n) is 13.1. The lowest BCUT2D eigenvalue weighted by Crippen LogP contribution is -2.30. The van der Waals surface area contributed by atoms with Crippen LogP contribution in [0.25, 0.3) is 0 Å². The van der Waals surface area contributed by atoms with Crippen molar-refractivity contribution in [2.24, 2.45) is 0 Å². The molecule has 1 amide bonds. The Morgan fingerprint density at radius 1 is 1.04 bits per heavy atom. The molecule has 0 bridgehead atoms. The van der Waals surface area contributed by atoms with Gasteiger partial charge in [-0.1, -0.05) is 36.4 Å². The zero-order chi connectivity index (χ0) is 16.9. The van der Waals surface area contributed by atoms with E-state index in [4.69, 9.17) is 0 Å². The second-order valence-corrected chi connectivity index (χ2v) is 7.23. The summed E-state index contributed by atoms with van der Waals surface area (Å²) in [5.74, 6) is -0.292. The Bertz CT molecular complexity index is 771. The van der Waals surface area contributed by atoms with E-state index in [1.807, 2.05) is 44.2 Å². The molecular formula is C17H20N2O3S. The van der Waals surface area contributed by atoms with Gasteiger partial charge in [-0.2, -0.15) is 0 Å². The molecule has 23 heavy (non-hydrogen) atoms. The second-order valence-electron chi connectivity index (χ2n) is 5.47.